The van der Waals surface area contributed by atoms with Crippen molar-refractivity contribution >= 4 is 41.9 Å². The first-order valence-electron chi connectivity index (χ1n) is 12.9. The molecule has 0 atom stereocenters. The quantitative estimate of drug-likeness (QED) is 0.175. The summed E-state index contributed by atoms with van der Waals surface area (Å²) in [6, 6.07) is 9.26. The highest BCUT2D eigenvalue weighted by molar-refractivity contribution is 6.32. The van der Waals surface area contributed by atoms with Gasteiger partial charge in [0.1, 0.15) is 23.8 Å². The van der Waals surface area contributed by atoms with E-state index in [1.165, 1.54) is 10.9 Å². The molecule has 2 aromatic carbocycles. The minimum atomic E-state index is -0.554. The van der Waals surface area contributed by atoms with Gasteiger partial charge in [-0.25, -0.2) is 10.1 Å². The van der Waals surface area contributed by atoms with Gasteiger partial charge < -0.3 is 15.2 Å². The molecule has 42 heavy (non-hydrogen) atoms. The summed E-state index contributed by atoms with van der Waals surface area (Å²) in [4.78, 5) is 15.4. The molecule has 0 aliphatic heterocycles. The number of anilines is 1. The number of hydrogen-bond donors (Lipinski definition) is 2. The number of nitrogen functional groups attached to an aromatic ring is 1. The van der Waals surface area contributed by atoms with Crippen LogP contribution in [-0.2, 0) is 13.2 Å². The number of carbonyl (C=O) groups excluding carboxylic acids is 1. The predicted molar refractivity (Wildman–Crippen MR) is 161 cm³/mol. The number of nitrogens with one attached hydrogen (secondary N) is 1. The SMILES string of the molecule is CCN(CC)Cc1nnn(-c2nonc2N)c1C(=O)N/N=C/c1ccc(OC)c(COc2cc(C)c(Cl)c(C)c2)c1.Cl. The Morgan fingerprint density at radius 1 is 1.19 bits per heavy atom. The molecule has 0 saturated heterocycles. The first-order chi connectivity index (χ1) is 19.7. The van der Waals surface area contributed by atoms with E-state index in [0.717, 1.165) is 34.8 Å². The molecule has 1 amide bonds. The van der Waals surface area contributed by atoms with Crippen molar-refractivity contribution in [3.8, 4) is 17.3 Å². The maximum atomic E-state index is 13.3. The van der Waals surface area contributed by atoms with Gasteiger partial charge in [-0.1, -0.05) is 30.7 Å². The Kier molecular flexibility index (Phi) is 11.2. The number of methoxy groups -OCH3 is 1. The number of hydrazone groups is 1. The highest BCUT2D eigenvalue weighted by Crippen LogP contribution is 2.28. The summed E-state index contributed by atoms with van der Waals surface area (Å²) in [6.07, 6.45) is 1.52. The zero-order chi connectivity index (χ0) is 29.5. The lowest BCUT2D eigenvalue weighted by atomic mass is 10.1. The van der Waals surface area contributed by atoms with E-state index in [4.69, 9.17) is 26.8 Å². The van der Waals surface area contributed by atoms with E-state index in [9.17, 15) is 4.79 Å². The Morgan fingerprint density at radius 3 is 2.52 bits per heavy atom. The van der Waals surface area contributed by atoms with Gasteiger partial charge in [-0.2, -0.15) is 9.78 Å². The van der Waals surface area contributed by atoms with Crippen LogP contribution in [0.2, 0.25) is 5.02 Å². The summed E-state index contributed by atoms with van der Waals surface area (Å²) >= 11 is 6.28. The van der Waals surface area contributed by atoms with Crippen molar-refractivity contribution < 1.29 is 18.9 Å². The van der Waals surface area contributed by atoms with Crippen molar-refractivity contribution in [2.75, 3.05) is 25.9 Å². The molecule has 0 aliphatic rings. The maximum absolute atomic E-state index is 13.3. The molecular weight excluding hydrogens is 585 g/mol. The summed E-state index contributed by atoms with van der Waals surface area (Å²) in [7, 11) is 1.59. The molecule has 0 unspecified atom stereocenters. The van der Waals surface area contributed by atoms with Gasteiger partial charge in [-0.05, 0) is 84.3 Å². The van der Waals surface area contributed by atoms with Gasteiger partial charge in [-0.15, -0.1) is 17.5 Å². The summed E-state index contributed by atoms with van der Waals surface area (Å²) in [5.74, 6) is 0.832. The van der Waals surface area contributed by atoms with Crippen LogP contribution in [-0.4, -0.2) is 62.5 Å². The van der Waals surface area contributed by atoms with E-state index >= 15 is 0 Å². The number of ether oxygens (including phenoxy) is 2. The molecule has 0 aliphatic carbocycles. The lowest BCUT2D eigenvalue weighted by Crippen LogP contribution is -2.27. The van der Waals surface area contributed by atoms with Crippen LogP contribution in [0.4, 0.5) is 5.82 Å². The fourth-order valence-electron chi connectivity index (χ4n) is 4.15. The van der Waals surface area contributed by atoms with Crippen molar-refractivity contribution in [1.29, 1.82) is 0 Å². The third kappa shape index (κ3) is 7.35. The molecule has 0 bridgehead atoms. The van der Waals surface area contributed by atoms with Crippen molar-refractivity contribution in [3.63, 3.8) is 0 Å². The van der Waals surface area contributed by atoms with Crippen molar-refractivity contribution in [2.24, 2.45) is 5.10 Å². The average molecular weight is 619 g/mol. The summed E-state index contributed by atoms with van der Waals surface area (Å²) < 4.78 is 17.4. The number of aryl methyl sites for hydroxylation is 2. The van der Waals surface area contributed by atoms with Crippen molar-refractivity contribution in [1.82, 2.24) is 35.6 Å². The number of nitrogens with two attached hydrogens (primary N) is 1. The summed E-state index contributed by atoms with van der Waals surface area (Å²) in [6.45, 7) is 10.1. The van der Waals surface area contributed by atoms with E-state index in [1.54, 1.807) is 7.11 Å². The minimum absolute atomic E-state index is 0. The van der Waals surface area contributed by atoms with Crippen LogP contribution in [0.3, 0.4) is 0 Å². The molecule has 224 valence electrons. The molecule has 0 fully saturated rings. The smallest absolute Gasteiger partial charge is 0.292 e. The average Bonchev–Trinajstić information content (AvgIpc) is 3.58. The molecule has 13 nitrogen and oxygen atoms in total. The first-order valence-corrected chi connectivity index (χ1v) is 13.3. The molecule has 2 heterocycles. The molecule has 15 heteroatoms. The fraction of sp³-hybridized carbons (Fsp3) is 0.333. The van der Waals surface area contributed by atoms with Crippen LogP contribution in [0.15, 0.2) is 40.1 Å². The van der Waals surface area contributed by atoms with Crippen LogP contribution in [0.5, 0.6) is 11.5 Å². The van der Waals surface area contributed by atoms with Gasteiger partial charge in [0.05, 0.1) is 13.3 Å². The van der Waals surface area contributed by atoms with E-state index in [-0.39, 0.29) is 36.3 Å². The van der Waals surface area contributed by atoms with E-state index in [0.29, 0.717) is 29.3 Å². The number of hydrogen-bond acceptors (Lipinski definition) is 11. The number of halogens is 2. The van der Waals surface area contributed by atoms with Crippen LogP contribution < -0.4 is 20.6 Å². The Hall–Kier alpha value is -4.20. The Balaban J connectivity index is 0.00000484. The molecule has 2 aromatic heterocycles. The monoisotopic (exact) mass is 617 g/mol. The first kappa shape index (κ1) is 32.3. The number of benzene rings is 2. The molecular formula is C27H33Cl2N9O4. The van der Waals surface area contributed by atoms with Gasteiger partial charge in [-0.3, -0.25) is 9.69 Å². The van der Waals surface area contributed by atoms with Crippen molar-refractivity contribution in [2.45, 2.75) is 40.8 Å². The summed E-state index contributed by atoms with van der Waals surface area (Å²) in [5, 5.41) is 20.5. The number of rotatable bonds is 12. The fourth-order valence-corrected chi connectivity index (χ4v) is 4.26. The predicted octanol–water partition coefficient (Wildman–Crippen LogP) is 4.12. The number of amides is 1. The second-order valence-corrected chi connectivity index (χ2v) is 9.54. The van der Waals surface area contributed by atoms with Gasteiger partial charge in [0.2, 0.25) is 11.6 Å². The summed E-state index contributed by atoms with van der Waals surface area (Å²) in [5.41, 5.74) is 12.3. The molecule has 0 radical (unpaired) electrons. The molecule has 3 N–H and O–H groups in total. The lowest BCUT2D eigenvalue weighted by molar-refractivity contribution is 0.0945. The minimum Gasteiger partial charge on any atom is -0.496 e. The number of carbonyl (C=O) groups is 1. The molecule has 4 rings (SSSR count). The second-order valence-electron chi connectivity index (χ2n) is 9.16. The van der Waals surface area contributed by atoms with Crippen LogP contribution >= 0.6 is 24.0 Å². The highest BCUT2D eigenvalue weighted by Gasteiger charge is 2.25. The lowest BCUT2D eigenvalue weighted by Gasteiger charge is -2.16. The number of nitrogens with zero attached hydrogens (tertiary/aromatic N) is 7. The van der Waals surface area contributed by atoms with E-state index in [1.807, 2.05) is 58.0 Å². The Morgan fingerprint density at radius 2 is 1.90 bits per heavy atom. The van der Waals surface area contributed by atoms with Gasteiger partial charge >= 0.3 is 0 Å². The van der Waals surface area contributed by atoms with Gasteiger partial charge in [0, 0.05) is 17.1 Å². The zero-order valence-electron chi connectivity index (χ0n) is 23.9. The molecule has 0 saturated carbocycles. The van der Waals surface area contributed by atoms with Crippen molar-refractivity contribution in [3.05, 3.63) is 69.0 Å². The van der Waals surface area contributed by atoms with Gasteiger partial charge in [0.15, 0.2) is 5.69 Å². The topological polar surface area (TPSA) is 159 Å². The largest absolute Gasteiger partial charge is 0.496 e. The third-order valence-corrected chi connectivity index (χ3v) is 7.00. The van der Waals surface area contributed by atoms with E-state index < -0.39 is 5.91 Å². The number of aromatic nitrogens is 5. The van der Waals surface area contributed by atoms with E-state index in [2.05, 4.69) is 40.7 Å². The van der Waals surface area contributed by atoms with Crippen LogP contribution in [0, 0.1) is 13.8 Å². The Labute approximate surface area is 254 Å². The molecule has 0 spiro atoms. The van der Waals surface area contributed by atoms with Gasteiger partial charge in [0.25, 0.3) is 5.91 Å². The third-order valence-electron chi connectivity index (χ3n) is 6.41. The Bertz CT molecular complexity index is 1530. The standard InChI is InChI=1S/C27H32ClN9O4.ClH/c1-6-36(7-2)14-21-24(37(35-31-21)26-25(29)33-41-34-26)27(38)32-30-13-18-8-9-22(39-5)19(12-18)15-40-20-10-16(3)23(28)17(4)11-20;/h8-13H,6-7,14-15H2,1-5H3,(H2,29,33)(H,32,38);1H/b30-13+;. The van der Waals surface area contributed by atoms with Crippen LogP contribution in [0.1, 0.15) is 52.3 Å². The maximum Gasteiger partial charge on any atom is 0.292 e. The normalized spacial score (nSPS) is 11.1. The second kappa shape index (κ2) is 14.6. The highest BCUT2D eigenvalue weighted by atomic mass is 35.5. The zero-order valence-corrected chi connectivity index (χ0v) is 25.5. The molecule has 4 aromatic rings. The van der Waals surface area contributed by atoms with Crippen LogP contribution in [0.25, 0.3) is 5.82 Å².